The van der Waals surface area contributed by atoms with Gasteiger partial charge in [-0.1, -0.05) is 51.1 Å². The van der Waals surface area contributed by atoms with Crippen molar-refractivity contribution in [3.8, 4) is 6.07 Å². The van der Waals surface area contributed by atoms with E-state index in [1.54, 1.807) is 42.5 Å². The Morgan fingerprint density at radius 2 is 1.93 bits per heavy atom. The highest BCUT2D eigenvalue weighted by molar-refractivity contribution is 7.07. The van der Waals surface area contributed by atoms with Crippen LogP contribution in [0.5, 0.6) is 0 Å². The van der Waals surface area contributed by atoms with Gasteiger partial charge in [-0.3, -0.25) is 14.2 Å². The third-order valence-electron chi connectivity index (χ3n) is 4.54. The lowest BCUT2D eigenvalue weighted by atomic mass is 9.91. The summed E-state index contributed by atoms with van der Waals surface area (Å²) in [5.74, 6) is -0.498. The smallest absolute Gasteiger partial charge is 0.269 e. The average molecular weight is 421 g/mol. The fraction of sp³-hybridized carbons (Fsp3) is 0.208. The predicted molar refractivity (Wildman–Crippen MR) is 117 cm³/mol. The van der Waals surface area contributed by atoms with Gasteiger partial charge in [0.05, 0.1) is 22.7 Å². The molecule has 0 fully saturated rings. The topological polar surface area (TPSA) is 62.9 Å². The van der Waals surface area contributed by atoms with Crippen molar-refractivity contribution in [3.05, 3.63) is 90.6 Å². The number of carbonyl (C=O) groups excluding carboxylic acids is 1. The van der Waals surface area contributed by atoms with Gasteiger partial charge in [0.1, 0.15) is 10.5 Å². The zero-order valence-electron chi connectivity index (χ0n) is 17.0. The number of hydrogen-bond acceptors (Lipinski definition) is 4. The van der Waals surface area contributed by atoms with Gasteiger partial charge in [-0.05, 0) is 35.4 Å². The summed E-state index contributed by atoms with van der Waals surface area (Å²) in [5, 5.41) is 9.37. The number of Topliss-reactive ketones (excluding diaryl/α,β-unsaturated/α-hetero) is 1. The highest BCUT2D eigenvalue weighted by Crippen LogP contribution is 2.15. The minimum absolute atomic E-state index is 0.108. The van der Waals surface area contributed by atoms with Gasteiger partial charge < -0.3 is 0 Å². The monoisotopic (exact) mass is 420 g/mol. The molecule has 6 heteroatoms. The maximum absolute atomic E-state index is 13.5. The SMILES string of the molecule is CC(C)(C)C(=O)C=c1sc(=Cc2cccc(F)c2)c(=O)n1Cc1ccccc1C#N. The van der Waals surface area contributed by atoms with Crippen LogP contribution in [-0.4, -0.2) is 10.4 Å². The van der Waals surface area contributed by atoms with E-state index in [-0.39, 0.29) is 17.9 Å². The van der Waals surface area contributed by atoms with E-state index < -0.39 is 11.2 Å². The Morgan fingerprint density at radius 3 is 2.60 bits per heavy atom. The van der Waals surface area contributed by atoms with Crippen LogP contribution < -0.4 is 14.8 Å². The third kappa shape index (κ3) is 4.81. The van der Waals surface area contributed by atoms with Crippen LogP contribution in [-0.2, 0) is 11.3 Å². The Bertz CT molecular complexity index is 1320. The van der Waals surface area contributed by atoms with E-state index in [0.29, 0.717) is 25.9 Å². The van der Waals surface area contributed by atoms with Crippen molar-refractivity contribution in [1.82, 2.24) is 4.57 Å². The van der Waals surface area contributed by atoms with Crippen LogP contribution in [0.3, 0.4) is 0 Å². The Morgan fingerprint density at radius 1 is 1.20 bits per heavy atom. The first kappa shape index (κ1) is 21.4. The fourth-order valence-corrected chi connectivity index (χ4v) is 3.85. The zero-order valence-corrected chi connectivity index (χ0v) is 17.8. The van der Waals surface area contributed by atoms with Crippen LogP contribution in [0, 0.1) is 22.6 Å². The van der Waals surface area contributed by atoms with Crippen molar-refractivity contribution in [2.24, 2.45) is 5.41 Å². The standard InChI is InChI=1S/C24H21FN2O2S/c1-24(2,3)21(28)13-22-27(15-18-9-5-4-8-17(18)14-26)23(29)20(30-22)12-16-7-6-10-19(25)11-16/h4-13H,15H2,1-3H3. The summed E-state index contributed by atoms with van der Waals surface area (Å²) < 4.78 is 15.9. The first-order valence-corrected chi connectivity index (χ1v) is 10.2. The van der Waals surface area contributed by atoms with Gasteiger partial charge in [0, 0.05) is 11.5 Å². The number of halogens is 1. The highest BCUT2D eigenvalue weighted by atomic mass is 32.1. The number of thiazole rings is 1. The minimum Gasteiger partial charge on any atom is -0.294 e. The van der Waals surface area contributed by atoms with Crippen molar-refractivity contribution >= 4 is 29.3 Å². The van der Waals surface area contributed by atoms with Gasteiger partial charge in [0.25, 0.3) is 5.56 Å². The minimum atomic E-state index is -0.595. The Labute approximate surface area is 177 Å². The van der Waals surface area contributed by atoms with E-state index in [9.17, 15) is 19.2 Å². The highest BCUT2D eigenvalue weighted by Gasteiger charge is 2.19. The summed E-state index contributed by atoms with van der Waals surface area (Å²) >= 11 is 1.18. The molecule has 0 radical (unpaired) electrons. The second-order valence-corrected chi connectivity index (χ2v) is 8.98. The summed E-state index contributed by atoms with van der Waals surface area (Å²) in [5.41, 5.74) is 0.841. The Hall–Kier alpha value is -3.30. The predicted octanol–water partition coefficient (Wildman–Crippen LogP) is 3.19. The van der Waals surface area contributed by atoms with Gasteiger partial charge in [0.2, 0.25) is 0 Å². The molecule has 0 atom stereocenters. The van der Waals surface area contributed by atoms with Gasteiger partial charge in [0.15, 0.2) is 5.78 Å². The fourth-order valence-electron chi connectivity index (χ4n) is 2.81. The molecule has 0 unspecified atom stereocenters. The van der Waals surface area contributed by atoms with Crippen molar-refractivity contribution in [2.75, 3.05) is 0 Å². The normalized spacial score (nSPS) is 12.8. The summed E-state index contributed by atoms with van der Waals surface area (Å²) in [7, 11) is 0. The second kappa shape index (κ2) is 8.60. The van der Waals surface area contributed by atoms with Crippen LogP contribution in [0.25, 0.3) is 12.2 Å². The number of nitriles is 1. The molecule has 0 amide bonds. The van der Waals surface area contributed by atoms with Crippen LogP contribution in [0.15, 0.2) is 53.3 Å². The molecule has 2 aromatic carbocycles. The van der Waals surface area contributed by atoms with Crippen LogP contribution >= 0.6 is 11.3 Å². The van der Waals surface area contributed by atoms with E-state index in [1.165, 1.54) is 34.1 Å². The van der Waals surface area contributed by atoms with Crippen molar-refractivity contribution in [3.63, 3.8) is 0 Å². The first-order valence-electron chi connectivity index (χ1n) is 9.40. The summed E-state index contributed by atoms with van der Waals surface area (Å²) in [6.07, 6.45) is 3.09. The molecule has 0 aliphatic heterocycles. The van der Waals surface area contributed by atoms with E-state index in [2.05, 4.69) is 6.07 Å². The maximum atomic E-state index is 13.5. The number of rotatable bonds is 4. The summed E-state index contributed by atoms with van der Waals surface area (Å²) in [6.45, 7) is 5.60. The molecule has 1 heterocycles. The zero-order chi connectivity index (χ0) is 21.9. The number of carbonyl (C=O) groups is 1. The van der Waals surface area contributed by atoms with Crippen LogP contribution in [0.4, 0.5) is 4.39 Å². The molecule has 0 bridgehead atoms. The molecule has 152 valence electrons. The third-order valence-corrected chi connectivity index (χ3v) is 5.60. The van der Waals surface area contributed by atoms with Gasteiger partial charge in [-0.15, -0.1) is 11.3 Å². The molecule has 4 nitrogen and oxygen atoms in total. The average Bonchev–Trinajstić information content (AvgIpc) is 2.96. The van der Waals surface area contributed by atoms with E-state index in [1.807, 2.05) is 20.8 Å². The second-order valence-electron chi connectivity index (χ2n) is 7.92. The maximum Gasteiger partial charge on any atom is 0.269 e. The molecule has 0 aliphatic carbocycles. The lowest BCUT2D eigenvalue weighted by Crippen LogP contribution is -2.33. The quantitative estimate of drug-likeness (QED) is 0.651. The molecular formula is C24H21FN2O2S. The molecule has 3 aromatic rings. The van der Waals surface area contributed by atoms with Crippen LogP contribution in [0.1, 0.15) is 37.5 Å². The van der Waals surface area contributed by atoms with E-state index >= 15 is 0 Å². The molecule has 3 rings (SSSR count). The number of hydrogen-bond donors (Lipinski definition) is 0. The van der Waals surface area contributed by atoms with Gasteiger partial charge in [-0.2, -0.15) is 5.26 Å². The summed E-state index contributed by atoms with van der Waals surface area (Å²) in [6, 6.07) is 15.1. The van der Waals surface area contributed by atoms with E-state index in [0.717, 1.165) is 0 Å². The summed E-state index contributed by atoms with van der Waals surface area (Å²) in [4.78, 5) is 25.8. The van der Waals surface area contributed by atoms with Crippen molar-refractivity contribution in [1.29, 1.82) is 5.26 Å². The number of benzene rings is 2. The molecule has 0 aliphatic rings. The number of ketones is 1. The molecule has 1 aromatic heterocycles. The van der Waals surface area contributed by atoms with E-state index in [4.69, 9.17) is 0 Å². The van der Waals surface area contributed by atoms with Crippen molar-refractivity contribution < 1.29 is 9.18 Å². The van der Waals surface area contributed by atoms with Gasteiger partial charge in [-0.25, -0.2) is 4.39 Å². The molecule has 0 saturated heterocycles. The molecule has 0 saturated carbocycles. The Balaban J connectivity index is 2.23. The lowest BCUT2D eigenvalue weighted by Gasteiger charge is -2.13. The van der Waals surface area contributed by atoms with Gasteiger partial charge >= 0.3 is 0 Å². The molecular weight excluding hydrogens is 399 g/mol. The van der Waals surface area contributed by atoms with Crippen molar-refractivity contribution in [2.45, 2.75) is 27.3 Å². The Kier molecular flexibility index (Phi) is 6.14. The van der Waals surface area contributed by atoms with Crippen LogP contribution in [0.2, 0.25) is 0 Å². The first-order chi connectivity index (χ1) is 14.2. The molecule has 30 heavy (non-hydrogen) atoms. The number of aromatic nitrogens is 1. The molecule has 0 N–H and O–H groups in total. The lowest BCUT2D eigenvalue weighted by molar-refractivity contribution is -0.120. The molecule has 0 spiro atoms. The largest absolute Gasteiger partial charge is 0.294 e. The number of nitrogens with zero attached hydrogens (tertiary/aromatic N) is 2.